The molecule has 1 spiro atoms. The topological polar surface area (TPSA) is 15.3 Å². The zero-order valence-electron chi connectivity index (χ0n) is 11.8. The van der Waals surface area contributed by atoms with Crippen molar-refractivity contribution in [2.75, 3.05) is 26.2 Å². The van der Waals surface area contributed by atoms with Gasteiger partial charge in [0.1, 0.15) is 0 Å². The largest absolute Gasteiger partial charge is 0.316 e. The van der Waals surface area contributed by atoms with Gasteiger partial charge in [0.15, 0.2) is 11.6 Å². The predicted molar refractivity (Wildman–Crippen MR) is 75.4 cm³/mol. The van der Waals surface area contributed by atoms with Gasteiger partial charge in [-0.05, 0) is 50.3 Å². The first-order chi connectivity index (χ1) is 9.69. The van der Waals surface area contributed by atoms with Gasteiger partial charge >= 0.3 is 0 Å². The van der Waals surface area contributed by atoms with Gasteiger partial charge in [-0.2, -0.15) is 0 Å². The Morgan fingerprint density at radius 1 is 1.20 bits per heavy atom. The number of hydrogen-bond acceptors (Lipinski definition) is 2. The second-order valence-corrected chi connectivity index (χ2v) is 6.31. The van der Waals surface area contributed by atoms with Crippen LogP contribution >= 0.6 is 0 Å². The lowest BCUT2D eigenvalue weighted by Gasteiger charge is -2.45. The van der Waals surface area contributed by atoms with Crippen LogP contribution in [0.25, 0.3) is 0 Å². The molecule has 2 aliphatic heterocycles. The third-order valence-corrected chi connectivity index (χ3v) is 4.73. The highest BCUT2D eigenvalue weighted by atomic mass is 19.2. The average molecular weight is 280 g/mol. The maximum atomic E-state index is 13.8. The van der Waals surface area contributed by atoms with Crippen LogP contribution in [0, 0.1) is 17.0 Å². The fourth-order valence-electron chi connectivity index (χ4n) is 3.74. The van der Waals surface area contributed by atoms with Crippen LogP contribution in [0.4, 0.5) is 8.78 Å². The molecule has 2 fully saturated rings. The van der Waals surface area contributed by atoms with E-state index < -0.39 is 11.6 Å². The summed E-state index contributed by atoms with van der Waals surface area (Å²) in [5, 5.41) is 3.49. The number of nitrogens with zero attached hydrogens (tertiary/aromatic N) is 1. The summed E-state index contributed by atoms with van der Waals surface area (Å²) in [6.45, 7) is 4.68. The first-order valence-corrected chi connectivity index (χ1v) is 7.55. The monoisotopic (exact) mass is 280 g/mol. The molecule has 0 aliphatic carbocycles. The summed E-state index contributed by atoms with van der Waals surface area (Å²) in [7, 11) is 0. The smallest absolute Gasteiger partial charge is 0.163 e. The number of halogens is 2. The molecular formula is C16H22F2N2. The molecule has 0 amide bonds. The van der Waals surface area contributed by atoms with Gasteiger partial charge in [-0.1, -0.05) is 12.1 Å². The second kappa shape index (κ2) is 5.78. The Kier molecular flexibility index (Phi) is 4.03. The third-order valence-electron chi connectivity index (χ3n) is 4.73. The van der Waals surface area contributed by atoms with E-state index >= 15 is 0 Å². The van der Waals surface area contributed by atoms with E-state index in [0.29, 0.717) is 17.5 Å². The van der Waals surface area contributed by atoms with Crippen LogP contribution in [-0.4, -0.2) is 31.1 Å². The van der Waals surface area contributed by atoms with Crippen LogP contribution < -0.4 is 5.32 Å². The summed E-state index contributed by atoms with van der Waals surface area (Å²) in [6, 6.07) is 4.47. The zero-order chi connectivity index (χ0) is 14.0. The molecular weight excluding hydrogens is 258 g/mol. The van der Waals surface area contributed by atoms with Crippen molar-refractivity contribution in [2.24, 2.45) is 5.41 Å². The van der Waals surface area contributed by atoms with E-state index in [1.807, 2.05) is 0 Å². The Morgan fingerprint density at radius 3 is 2.85 bits per heavy atom. The number of hydrogen-bond donors (Lipinski definition) is 1. The minimum absolute atomic E-state index is 0.348. The van der Waals surface area contributed by atoms with Crippen molar-refractivity contribution in [3.63, 3.8) is 0 Å². The van der Waals surface area contributed by atoms with Crippen LogP contribution in [0.15, 0.2) is 18.2 Å². The van der Waals surface area contributed by atoms with Crippen molar-refractivity contribution < 1.29 is 8.78 Å². The molecule has 2 saturated heterocycles. The van der Waals surface area contributed by atoms with Crippen molar-refractivity contribution in [1.82, 2.24) is 10.2 Å². The van der Waals surface area contributed by atoms with Gasteiger partial charge in [-0.3, -0.25) is 4.90 Å². The van der Waals surface area contributed by atoms with E-state index in [0.717, 1.165) is 32.6 Å². The molecule has 110 valence electrons. The highest BCUT2D eigenvalue weighted by Gasteiger charge is 2.36. The predicted octanol–water partition coefficient (Wildman–Crippen LogP) is 2.93. The average Bonchev–Trinajstić information content (AvgIpc) is 2.45. The first-order valence-electron chi connectivity index (χ1n) is 7.55. The van der Waals surface area contributed by atoms with Gasteiger partial charge in [0.05, 0.1) is 0 Å². The second-order valence-electron chi connectivity index (χ2n) is 6.31. The molecule has 1 N–H and O–H groups in total. The number of piperidine rings is 2. The Morgan fingerprint density at radius 2 is 2.05 bits per heavy atom. The van der Waals surface area contributed by atoms with Gasteiger partial charge in [0.25, 0.3) is 0 Å². The lowest BCUT2D eigenvalue weighted by Crippen LogP contribution is -2.50. The minimum atomic E-state index is -0.742. The first kappa shape index (κ1) is 14.0. The molecule has 1 aromatic carbocycles. The van der Waals surface area contributed by atoms with Crippen LogP contribution in [0.2, 0.25) is 0 Å². The van der Waals surface area contributed by atoms with Crippen LogP contribution in [0.3, 0.4) is 0 Å². The van der Waals surface area contributed by atoms with Crippen molar-refractivity contribution in [1.29, 1.82) is 0 Å². The molecule has 0 saturated carbocycles. The highest BCUT2D eigenvalue weighted by molar-refractivity contribution is 5.19. The van der Waals surface area contributed by atoms with Crippen LogP contribution in [0.1, 0.15) is 31.2 Å². The molecule has 1 atom stereocenters. The summed E-state index contributed by atoms with van der Waals surface area (Å²) in [4.78, 5) is 2.29. The van der Waals surface area contributed by atoms with E-state index in [2.05, 4.69) is 10.2 Å². The van der Waals surface area contributed by atoms with Crippen molar-refractivity contribution in [2.45, 2.75) is 32.2 Å². The molecule has 2 nitrogen and oxygen atoms in total. The Labute approximate surface area is 119 Å². The van der Waals surface area contributed by atoms with E-state index in [1.54, 1.807) is 12.1 Å². The molecule has 2 heterocycles. The molecule has 1 unspecified atom stereocenters. The number of rotatable bonds is 2. The summed E-state index contributed by atoms with van der Waals surface area (Å²) in [6.07, 6.45) is 4.88. The Balaban J connectivity index is 1.69. The molecule has 0 aromatic heterocycles. The Bertz CT molecular complexity index is 464. The maximum absolute atomic E-state index is 13.8. The molecule has 1 aromatic rings. The van der Waals surface area contributed by atoms with Crippen LogP contribution in [-0.2, 0) is 6.54 Å². The fourth-order valence-corrected chi connectivity index (χ4v) is 3.74. The standard InChI is InChI=1S/C16H22F2N2/c17-14-5-1-4-13(15(14)18)10-20-9-3-7-16(12-20)6-2-8-19-11-16/h1,4-5,19H,2-3,6-12H2. The summed E-state index contributed by atoms with van der Waals surface area (Å²) < 4.78 is 27.1. The highest BCUT2D eigenvalue weighted by Crippen LogP contribution is 2.36. The minimum Gasteiger partial charge on any atom is -0.316 e. The SMILES string of the molecule is Fc1cccc(CN2CCCC3(CCCNC3)C2)c1F. The fraction of sp³-hybridized carbons (Fsp3) is 0.625. The van der Waals surface area contributed by atoms with E-state index in [4.69, 9.17) is 0 Å². The van der Waals surface area contributed by atoms with Gasteiger partial charge in [0, 0.05) is 25.2 Å². The molecule has 2 aliphatic rings. The normalized spacial score (nSPS) is 27.9. The van der Waals surface area contributed by atoms with Crippen molar-refractivity contribution in [3.05, 3.63) is 35.4 Å². The summed E-state index contributed by atoms with van der Waals surface area (Å²) >= 11 is 0. The molecule has 4 heteroatoms. The Hall–Kier alpha value is -1.00. The quantitative estimate of drug-likeness (QED) is 0.896. The van der Waals surface area contributed by atoms with E-state index in [-0.39, 0.29) is 0 Å². The third kappa shape index (κ3) is 2.86. The van der Waals surface area contributed by atoms with Crippen molar-refractivity contribution in [3.8, 4) is 0 Å². The summed E-state index contributed by atoms with van der Waals surface area (Å²) in [5.74, 6) is -1.43. The molecule has 0 radical (unpaired) electrons. The van der Waals surface area contributed by atoms with E-state index in [1.165, 1.54) is 25.3 Å². The van der Waals surface area contributed by atoms with Gasteiger partial charge in [-0.25, -0.2) is 8.78 Å². The zero-order valence-corrected chi connectivity index (χ0v) is 11.8. The lowest BCUT2D eigenvalue weighted by molar-refractivity contribution is 0.0593. The van der Waals surface area contributed by atoms with Gasteiger partial charge in [0.2, 0.25) is 0 Å². The van der Waals surface area contributed by atoms with Crippen molar-refractivity contribution >= 4 is 0 Å². The van der Waals surface area contributed by atoms with Gasteiger partial charge < -0.3 is 5.32 Å². The lowest BCUT2D eigenvalue weighted by atomic mass is 9.74. The maximum Gasteiger partial charge on any atom is 0.163 e. The number of benzene rings is 1. The van der Waals surface area contributed by atoms with E-state index in [9.17, 15) is 8.78 Å². The number of nitrogens with one attached hydrogen (secondary N) is 1. The summed E-state index contributed by atoms with van der Waals surface area (Å²) in [5.41, 5.74) is 0.825. The van der Waals surface area contributed by atoms with Gasteiger partial charge in [-0.15, -0.1) is 0 Å². The number of likely N-dealkylation sites (tertiary alicyclic amines) is 1. The molecule has 0 bridgehead atoms. The molecule has 20 heavy (non-hydrogen) atoms. The van der Waals surface area contributed by atoms with Crippen LogP contribution in [0.5, 0.6) is 0 Å². The molecule has 3 rings (SSSR count).